The van der Waals surface area contributed by atoms with Crippen LogP contribution in [0.5, 0.6) is 0 Å². The van der Waals surface area contributed by atoms with Gasteiger partial charge in [-0.15, -0.1) is 0 Å². The van der Waals surface area contributed by atoms with Crippen LogP contribution in [0.3, 0.4) is 0 Å². The quantitative estimate of drug-likeness (QED) is 0.525. The van der Waals surface area contributed by atoms with Gasteiger partial charge in [0.1, 0.15) is 0 Å². The van der Waals surface area contributed by atoms with Gasteiger partial charge in [0.2, 0.25) is 0 Å². The first-order valence-corrected chi connectivity index (χ1v) is 2.33. The number of carbonyl (C=O) groups excluding carboxylic acids is 1. The fourth-order valence-electron chi connectivity index (χ4n) is 0.381. The highest BCUT2D eigenvalue weighted by Crippen LogP contribution is 1.93. The van der Waals surface area contributed by atoms with E-state index in [1.165, 1.54) is 12.4 Å². The number of imidazole rings is 1. The maximum absolute atomic E-state index is 9.92. The van der Waals surface area contributed by atoms with Crippen LogP contribution >= 0.6 is 11.8 Å². The van der Waals surface area contributed by atoms with Gasteiger partial charge >= 0.3 is 0 Å². The second-order valence-electron chi connectivity index (χ2n) is 1.21. The van der Waals surface area contributed by atoms with Gasteiger partial charge in [-0.1, -0.05) is 0 Å². The van der Waals surface area contributed by atoms with E-state index < -0.39 is 0 Å². The van der Waals surface area contributed by atoms with E-state index in [0.29, 0.717) is 6.29 Å². The van der Waals surface area contributed by atoms with E-state index in [2.05, 4.69) is 4.98 Å². The third kappa shape index (κ3) is 0.721. The Balaban J connectivity index is 3.09. The van der Waals surface area contributed by atoms with Crippen LogP contribution in [0.2, 0.25) is 0 Å². The molecule has 3 nitrogen and oxygen atoms in total. The summed E-state index contributed by atoms with van der Waals surface area (Å²) in [4.78, 5) is 13.5. The molecule has 1 rings (SSSR count). The highest BCUT2D eigenvalue weighted by Gasteiger charge is 1.93. The van der Waals surface area contributed by atoms with Crippen LogP contribution in [-0.2, 0) is 0 Å². The van der Waals surface area contributed by atoms with Gasteiger partial charge in [-0.3, -0.25) is 4.79 Å². The van der Waals surface area contributed by atoms with E-state index in [1.54, 1.807) is 0 Å². The smallest absolute Gasteiger partial charge is 0.187 e. The Morgan fingerprint density at radius 3 is 2.88 bits per heavy atom. The average Bonchev–Trinajstić information content (AvgIpc) is 2.14. The molecule has 42 valence electrons. The van der Waals surface area contributed by atoms with Crippen LogP contribution in [0.1, 0.15) is 10.6 Å². The van der Waals surface area contributed by atoms with Gasteiger partial charge in [0.15, 0.2) is 12.1 Å². The molecule has 0 saturated heterocycles. The van der Waals surface area contributed by atoms with Crippen molar-refractivity contribution in [1.82, 2.24) is 9.07 Å². The third-order valence-corrected chi connectivity index (χ3v) is 1.01. The summed E-state index contributed by atoms with van der Waals surface area (Å²) in [6, 6.07) is 0. The zero-order valence-electron chi connectivity index (χ0n) is 3.91. The molecular weight excluding hydrogens is 128 g/mol. The first-order valence-electron chi connectivity index (χ1n) is 1.99. The minimum Gasteiger partial charge on any atom is -0.294 e. The Kier molecular flexibility index (Phi) is 1.30. The van der Waals surface area contributed by atoms with Gasteiger partial charge in [0, 0.05) is 24.2 Å². The lowest BCUT2D eigenvalue weighted by Crippen LogP contribution is -1.87. The van der Waals surface area contributed by atoms with E-state index in [4.69, 9.17) is 11.8 Å². The van der Waals surface area contributed by atoms with Gasteiger partial charge < -0.3 is 0 Å². The first-order chi connectivity index (χ1) is 3.84. The summed E-state index contributed by atoms with van der Waals surface area (Å²) in [7, 11) is 0. The molecule has 0 unspecified atom stereocenters. The lowest BCUT2D eigenvalue weighted by molar-refractivity contribution is 0.111. The van der Waals surface area contributed by atoms with Crippen LogP contribution in [0, 0.1) is 0 Å². The summed E-state index contributed by atoms with van der Waals surface area (Å²) in [5.74, 6) is 0.228. The Hall–Kier alpha value is -0.830. The molecule has 0 aromatic carbocycles. The van der Waals surface area contributed by atoms with E-state index in [0.717, 1.165) is 4.09 Å². The topological polar surface area (TPSA) is 34.9 Å². The number of halogens is 1. The van der Waals surface area contributed by atoms with Crippen molar-refractivity contribution in [3.63, 3.8) is 0 Å². The Morgan fingerprint density at radius 2 is 2.62 bits per heavy atom. The zero-order valence-corrected chi connectivity index (χ0v) is 4.67. The normalized spacial score (nSPS) is 9.12. The van der Waals surface area contributed by atoms with Crippen LogP contribution in [0.15, 0.2) is 12.4 Å². The van der Waals surface area contributed by atoms with Crippen LogP contribution in [0.4, 0.5) is 0 Å². The second-order valence-corrected chi connectivity index (χ2v) is 1.58. The molecule has 0 aliphatic heterocycles. The van der Waals surface area contributed by atoms with Gasteiger partial charge in [-0.2, -0.15) is 0 Å². The monoisotopic (exact) mass is 130 g/mol. The number of carbonyl (C=O) groups is 1. The number of hydrogen-bond donors (Lipinski definition) is 0. The van der Waals surface area contributed by atoms with Crippen LogP contribution < -0.4 is 0 Å². The predicted molar refractivity (Wildman–Crippen MR) is 28.9 cm³/mol. The molecule has 0 aliphatic rings. The van der Waals surface area contributed by atoms with Crippen molar-refractivity contribution in [2.24, 2.45) is 0 Å². The number of rotatable bonds is 1. The number of aldehydes is 1. The summed E-state index contributed by atoms with van der Waals surface area (Å²) < 4.78 is 1.13. The van der Waals surface area contributed by atoms with Crippen LogP contribution in [0.25, 0.3) is 0 Å². The lowest BCUT2D eigenvalue weighted by atomic mass is 10.7. The molecule has 0 fully saturated rings. The molecule has 1 aromatic rings. The molecule has 4 heteroatoms. The molecule has 0 N–H and O–H groups in total. The predicted octanol–water partition coefficient (Wildman–Crippen LogP) is 0.698. The van der Waals surface area contributed by atoms with Crippen molar-refractivity contribution in [2.75, 3.05) is 0 Å². The van der Waals surface area contributed by atoms with Crippen molar-refractivity contribution in [3.8, 4) is 0 Å². The molecule has 1 aromatic heterocycles. The second kappa shape index (κ2) is 1.96. The highest BCUT2D eigenvalue weighted by atomic mass is 35.5. The summed E-state index contributed by atoms with van der Waals surface area (Å²) >= 11 is 5.36. The third-order valence-electron chi connectivity index (χ3n) is 0.729. The summed E-state index contributed by atoms with van der Waals surface area (Å²) in [6.45, 7) is 0. The zero-order chi connectivity index (χ0) is 5.98. The maximum Gasteiger partial charge on any atom is 0.187 e. The minimum absolute atomic E-state index is 0.228. The fourth-order valence-corrected chi connectivity index (χ4v) is 0.514. The Morgan fingerprint density at radius 1 is 1.88 bits per heavy atom. The van der Waals surface area contributed by atoms with E-state index in [-0.39, 0.29) is 5.82 Å². The van der Waals surface area contributed by atoms with Gasteiger partial charge in [0.25, 0.3) is 0 Å². The largest absolute Gasteiger partial charge is 0.294 e. The Labute approximate surface area is 51.0 Å². The summed E-state index contributed by atoms with van der Waals surface area (Å²) in [6.07, 6.45) is 3.54. The van der Waals surface area contributed by atoms with Crippen molar-refractivity contribution in [1.29, 1.82) is 0 Å². The molecule has 0 atom stereocenters. The molecule has 0 amide bonds. The molecule has 0 aliphatic carbocycles. The average molecular weight is 131 g/mol. The summed E-state index contributed by atoms with van der Waals surface area (Å²) in [5.41, 5.74) is 0. The molecule has 0 bridgehead atoms. The first kappa shape index (κ1) is 5.31. The molecule has 0 radical (unpaired) electrons. The van der Waals surface area contributed by atoms with Crippen molar-refractivity contribution in [2.45, 2.75) is 0 Å². The molecular formula is C4H3ClN2O. The van der Waals surface area contributed by atoms with E-state index in [1.807, 2.05) is 0 Å². The van der Waals surface area contributed by atoms with Gasteiger partial charge in [0.05, 0.1) is 0 Å². The SMILES string of the molecule is O=Cc1nccn1Cl. The number of hydrogen-bond acceptors (Lipinski definition) is 2. The van der Waals surface area contributed by atoms with Crippen LogP contribution in [-0.4, -0.2) is 15.4 Å². The standard InChI is InChI=1S/C4H3ClN2O/c5-7-2-1-6-4(7)3-8/h1-3H. The number of nitrogens with zero attached hydrogens (tertiary/aromatic N) is 2. The maximum atomic E-state index is 9.92. The fraction of sp³-hybridized carbons (Fsp3) is 0. The van der Waals surface area contributed by atoms with Gasteiger partial charge in [-0.25, -0.2) is 9.07 Å². The molecule has 0 spiro atoms. The molecule has 8 heavy (non-hydrogen) atoms. The van der Waals surface area contributed by atoms with E-state index >= 15 is 0 Å². The highest BCUT2D eigenvalue weighted by molar-refractivity contribution is 6.16. The van der Waals surface area contributed by atoms with Gasteiger partial charge in [-0.05, 0) is 0 Å². The lowest BCUT2D eigenvalue weighted by Gasteiger charge is -1.82. The van der Waals surface area contributed by atoms with Crippen molar-refractivity contribution in [3.05, 3.63) is 18.2 Å². The van der Waals surface area contributed by atoms with E-state index in [9.17, 15) is 4.79 Å². The van der Waals surface area contributed by atoms with Crippen molar-refractivity contribution >= 4 is 18.1 Å². The minimum atomic E-state index is 0.228. The summed E-state index contributed by atoms with van der Waals surface area (Å²) in [5, 5.41) is 0. The Bertz CT molecular complexity index is 196. The molecule has 0 saturated carbocycles. The molecule has 1 heterocycles. The number of aromatic nitrogens is 2. The van der Waals surface area contributed by atoms with Crippen molar-refractivity contribution < 1.29 is 4.79 Å².